The molecule has 1 aromatic heterocycles. The molecule has 0 fully saturated rings. The zero-order chi connectivity index (χ0) is 21.1. The highest BCUT2D eigenvalue weighted by Gasteiger charge is 2.16. The molecule has 0 spiro atoms. The van der Waals surface area contributed by atoms with Crippen LogP contribution < -0.4 is 24.3 Å². The second kappa shape index (κ2) is 8.62. The van der Waals surface area contributed by atoms with Gasteiger partial charge in [0.25, 0.3) is 0 Å². The lowest BCUT2D eigenvalue weighted by Gasteiger charge is -2.09. The molecular formula is C22H22N2O5S. The van der Waals surface area contributed by atoms with E-state index in [0.717, 1.165) is 33.2 Å². The first-order valence-electron chi connectivity index (χ1n) is 9.41. The number of hydrogen-bond acceptors (Lipinski definition) is 7. The number of rotatable bonds is 7. The van der Waals surface area contributed by atoms with Crippen molar-refractivity contribution in [1.82, 2.24) is 4.98 Å². The summed E-state index contributed by atoms with van der Waals surface area (Å²) in [4.78, 5) is 18.1. The summed E-state index contributed by atoms with van der Waals surface area (Å²) in [6.45, 7) is 2.21. The predicted octanol–water partition coefficient (Wildman–Crippen LogP) is 3.97. The van der Waals surface area contributed by atoms with Gasteiger partial charge < -0.3 is 24.3 Å². The minimum Gasteiger partial charge on any atom is -0.493 e. The van der Waals surface area contributed by atoms with Crippen molar-refractivity contribution in [2.75, 3.05) is 26.3 Å². The molecule has 4 rings (SSSR count). The van der Waals surface area contributed by atoms with E-state index in [0.29, 0.717) is 23.1 Å². The van der Waals surface area contributed by atoms with Crippen LogP contribution in [0.2, 0.25) is 0 Å². The molecule has 8 heteroatoms. The standard InChI is InChI=1S/C22H22N2O5S/c1-13-20(10-14-5-7-17-19(9-14)29-12-28-17)30-22(23-13)24-21(25)11-15-4-6-16(26-2)18(8-15)27-3/h4-9H,10-12H2,1-3H3,(H,23,24,25). The molecule has 3 aromatic rings. The van der Waals surface area contributed by atoms with Crippen molar-refractivity contribution < 1.29 is 23.7 Å². The summed E-state index contributed by atoms with van der Waals surface area (Å²) in [7, 11) is 3.15. The van der Waals surface area contributed by atoms with E-state index in [4.69, 9.17) is 18.9 Å². The molecule has 2 aromatic carbocycles. The number of carbonyl (C=O) groups excluding carboxylic acids is 1. The van der Waals surface area contributed by atoms with Crippen LogP contribution in [-0.2, 0) is 17.6 Å². The molecule has 0 atom stereocenters. The Morgan fingerprint density at radius 3 is 2.63 bits per heavy atom. The minimum absolute atomic E-state index is 0.134. The lowest BCUT2D eigenvalue weighted by atomic mass is 10.1. The Kier molecular flexibility index (Phi) is 5.76. The van der Waals surface area contributed by atoms with Gasteiger partial charge in [-0.05, 0) is 42.3 Å². The summed E-state index contributed by atoms with van der Waals surface area (Å²) in [6.07, 6.45) is 0.933. The third-order valence-corrected chi connectivity index (χ3v) is 5.83. The first-order chi connectivity index (χ1) is 14.6. The Morgan fingerprint density at radius 1 is 1.07 bits per heavy atom. The summed E-state index contributed by atoms with van der Waals surface area (Å²) in [6, 6.07) is 11.4. The summed E-state index contributed by atoms with van der Waals surface area (Å²) in [5, 5.41) is 3.49. The normalized spacial score (nSPS) is 12.0. The summed E-state index contributed by atoms with van der Waals surface area (Å²) in [5.41, 5.74) is 2.84. The van der Waals surface area contributed by atoms with Crippen molar-refractivity contribution in [2.45, 2.75) is 19.8 Å². The number of fused-ring (bicyclic) bond motifs is 1. The van der Waals surface area contributed by atoms with Crippen molar-refractivity contribution in [2.24, 2.45) is 0 Å². The fourth-order valence-corrected chi connectivity index (χ4v) is 4.23. The molecule has 1 N–H and O–H groups in total. The van der Waals surface area contributed by atoms with Crippen LogP contribution in [0.3, 0.4) is 0 Å². The number of amides is 1. The molecule has 0 radical (unpaired) electrons. The van der Waals surface area contributed by atoms with Crippen molar-refractivity contribution in [1.29, 1.82) is 0 Å². The second-order valence-corrected chi connectivity index (χ2v) is 7.89. The number of hydrogen-bond donors (Lipinski definition) is 1. The van der Waals surface area contributed by atoms with E-state index in [-0.39, 0.29) is 19.1 Å². The number of methoxy groups -OCH3 is 2. The van der Waals surface area contributed by atoms with Gasteiger partial charge >= 0.3 is 0 Å². The van der Waals surface area contributed by atoms with Crippen LogP contribution in [0.25, 0.3) is 0 Å². The van der Waals surface area contributed by atoms with Gasteiger partial charge in [0, 0.05) is 11.3 Å². The predicted molar refractivity (Wildman–Crippen MR) is 114 cm³/mol. The fourth-order valence-electron chi connectivity index (χ4n) is 3.22. The van der Waals surface area contributed by atoms with Crippen molar-refractivity contribution in [3.8, 4) is 23.0 Å². The molecule has 156 valence electrons. The Bertz CT molecular complexity index is 1080. The number of nitrogens with one attached hydrogen (secondary N) is 1. The SMILES string of the molecule is COc1ccc(CC(=O)Nc2nc(C)c(Cc3ccc4c(c3)OCO4)s2)cc1OC. The van der Waals surface area contributed by atoms with E-state index in [1.807, 2.05) is 31.2 Å². The quantitative estimate of drug-likeness (QED) is 0.616. The monoisotopic (exact) mass is 426 g/mol. The van der Waals surface area contributed by atoms with Gasteiger partial charge in [0.1, 0.15) is 0 Å². The third-order valence-electron chi connectivity index (χ3n) is 4.75. The number of thiazole rings is 1. The number of benzene rings is 2. The fraction of sp³-hybridized carbons (Fsp3) is 0.273. The molecular weight excluding hydrogens is 404 g/mol. The second-order valence-electron chi connectivity index (χ2n) is 6.81. The van der Waals surface area contributed by atoms with Gasteiger partial charge in [-0.3, -0.25) is 4.79 Å². The summed E-state index contributed by atoms with van der Waals surface area (Å²) >= 11 is 1.48. The van der Waals surface area contributed by atoms with Crippen LogP contribution in [-0.4, -0.2) is 31.9 Å². The lowest BCUT2D eigenvalue weighted by molar-refractivity contribution is -0.115. The number of carbonyl (C=O) groups is 1. The average Bonchev–Trinajstić information content (AvgIpc) is 3.33. The number of ether oxygens (including phenoxy) is 4. The lowest BCUT2D eigenvalue weighted by Crippen LogP contribution is -2.14. The zero-order valence-electron chi connectivity index (χ0n) is 17.0. The maximum absolute atomic E-state index is 12.5. The Hall–Kier alpha value is -3.26. The number of aromatic nitrogens is 1. The molecule has 0 bridgehead atoms. The van der Waals surface area contributed by atoms with Crippen LogP contribution >= 0.6 is 11.3 Å². The van der Waals surface area contributed by atoms with Gasteiger partial charge in [-0.15, -0.1) is 11.3 Å². The van der Waals surface area contributed by atoms with E-state index in [1.165, 1.54) is 11.3 Å². The van der Waals surface area contributed by atoms with E-state index in [9.17, 15) is 4.79 Å². The van der Waals surface area contributed by atoms with Gasteiger partial charge in [0.15, 0.2) is 28.1 Å². The molecule has 2 heterocycles. The topological polar surface area (TPSA) is 78.9 Å². The maximum Gasteiger partial charge on any atom is 0.231 e. The van der Waals surface area contributed by atoms with Crippen LogP contribution in [0.5, 0.6) is 23.0 Å². The van der Waals surface area contributed by atoms with Crippen molar-refractivity contribution in [3.63, 3.8) is 0 Å². The molecule has 30 heavy (non-hydrogen) atoms. The highest BCUT2D eigenvalue weighted by molar-refractivity contribution is 7.15. The van der Waals surface area contributed by atoms with Gasteiger partial charge in [0.05, 0.1) is 26.3 Å². The van der Waals surface area contributed by atoms with Crippen LogP contribution in [0.4, 0.5) is 5.13 Å². The molecule has 0 saturated carbocycles. The van der Waals surface area contributed by atoms with Crippen LogP contribution in [0.15, 0.2) is 36.4 Å². The zero-order valence-corrected chi connectivity index (χ0v) is 17.8. The van der Waals surface area contributed by atoms with Gasteiger partial charge in [0.2, 0.25) is 12.7 Å². The molecule has 0 unspecified atom stereocenters. The molecule has 0 aliphatic carbocycles. The molecule has 7 nitrogen and oxygen atoms in total. The number of nitrogens with zero attached hydrogens (tertiary/aromatic N) is 1. The Labute approximate surface area is 178 Å². The average molecular weight is 426 g/mol. The summed E-state index contributed by atoms with van der Waals surface area (Å²) < 4.78 is 21.3. The third kappa shape index (κ3) is 4.33. The molecule has 0 saturated heterocycles. The van der Waals surface area contributed by atoms with Gasteiger partial charge in [-0.2, -0.15) is 0 Å². The highest BCUT2D eigenvalue weighted by Crippen LogP contribution is 2.34. The van der Waals surface area contributed by atoms with E-state index in [2.05, 4.69) is 10.3 Å². The Morgan fingerprint density at radius 2 is 1.83 bits per heavy atom. The largest absolute Gasteiger partial charge is 0.493 e. The molecule has 1 amide bonds. The maximum atomic E-state index is 12.5. The van der Waals surface area contributed by atoms with Gasteiger partial charge in [-0.1, -0.05) is 12.1 Å². The highest BCUT2D eigenvalue weighted by atomic mass is 32.1. The number of aryl methyl sites for hydroxylation is 1. The van der Waals surface area contributed by atoms with Crippen LogP contribution in [0, 0.1) is 6.92 Å². The van der Waals surface area contributed by atoms with E-state index in [1.54, 1.807) is 26.4 Å². The first-order valence-corrected chi connectivity index (χ1v) is 10.2. The summed E-state index contributed by atoms with van der Waals surface area (Å²) in [5.74, 6) is 2.62. The molecule has 1 aliphatic heterocycles. The van der Waals surface area contributed by atoms with Gasteiger partial charge in [-0.25, -0.2) is 4.98 Å². The smallest absolute Gasteiger partial charge is 0.231 e. The number of anilines is 1. The molecule has 1 aliphatic rings. The first kappa shape index (κ1) is 20.0. The van der Waals surface area contributed by atoms with E-state index >= 15 is 0 Å². The van der Waals surface area contributed by atoms with Crippen molar-refractivity contribution >= 4 is 22.4 Å². The van der Waals surface area contributed by atoms with Crippen LogP contribution in [0.1, 0.15) is 21.7 Å². The van der Waals surface area contributed by atoms with E-state index < -0.39 is 0 Å². The Balaban J connectivity index is 1.41. The minimum atomic E-state index is -0.134. The van der Waals surface area contributed by atoms with Crippen molar-refractivity contribution in [3.05, 3.63) is 58.1 Å².